The van der Waals surface area contributed by atoms with E-state index in [1.165, 1.54) is 25.9 Å². The summed E-state index contributed by atoms with van der Waals surface area (Å²) in [6, 6.07) is 0.536. The first-order valence-corrected chi connectivity index (χ1v) is 6.20. The molecule has 90 valence electrons. The van der Waals surface area contributed by atoms with Crippen molar-refractivity contribution in [3.05, 3.63) is 0 Å². The van der Waals surface area contributed by atoms with Crippen LogP contribution in [0.15, 0.2) is 0 Å². The van der Waals surface area contributed by atoms with Gasteiger partial charge in [0.15, 0.2) is 0 Å². The van der Waals surface area contributed by atoms with Crippen molar-refractivity contribution in [2.75, 3.05) is 19.6 Å². The van der Waals surface area contributed by atoms with Crippen molar-refractivity contribution < 1.29 is 0 Å². The monoisotopic (exact) mass is 212 g/mol. The molecular formula is C13H28N2. The highest BCUT2D eigenvalue weighted by Gasteiger charge is 2.33. The van der Waals surface area contributed by atoms with Gasteiger partial charge >= 0.3 is 0 Å². The van der Waals surface area contributed by atoms with Gasteiger partial charge in [0.1, 0.15) is 0 Å². The summed E-state index contributed by atoms with van der Waals surface area (Å²) < 4.78 is 0. The zero-order chi connectivity index (χ0) is 11.7. The van der Waals surface area contributed by atoms with Crippen LogP contribution in [0.3, 0.4) is 0 Å². The van der Waals surface area contributed by atoms with Crippen LogP contribution in [0, 0.1) is 10.8 Å². The highest BCUT2D eigenvalue weighted by atomic mass is 15.2. The Morgan fingerprint density at radius 1 is 1.20 bits per heavy atom. The molecule has 1 aliphatic rings. The summed E-state index contributed by atoms with van der Waals surface area (Å²) in [6.07, 6.45) is 2.61. The number of piperidine rings is 1. The number of nitrogens with zero attached hydrogens (tertiary/aromatic N) is 1. The van der Waals surface area contributed by atoms with Gasteiger partial charge in [0.2, 0.25) is 0 Å². The summed E-state index contributed by atoms with van der Waals surface area (Å²) in [7, 11) is 0. The van der Waals surface area contributed by atoms with Gasteiger partial charge in [-0.15, -0.1) is 0 Å². The number of rotatable bonds is 2. The van der Waals surface area contributed by atoms with Crippen LogP contribution in [0.4, 0.5) is 0 Å². The smallest absolute Gasteiger partial charge is 0.0266 e. The largest absolute Gasteiger partial charge is 0.329 e. The Kier molecular flexibility index (Phi) is 3.83. The molecule has 1 saturated heterocycles. The van der Waals surface area contributed by atoms with Crippen molar-refractivity contribution in [2.24, 2.45) is 16.6 Å². The molecule has 1 heterocycles. The molecule has 1 atom stereocenters. The molecule has 0 amide bonds. The van der Waals surface area contributed by atoms with E-state index in [9.17, 15) is 0 Å². The number of likely N-dealkylation sites (tertiary alicyclic amines) is 1. The summed E-state index contributed by atoms with van der Waals surface area (Å²) in [5.41, 5.74) is 6.75. The van der Waals surface area contributed by atoms with Gasteiger partial charge in [0, 0.05) is 12.6 Å². The van der Waals surface area contributed by atoms with E-state index in [1.807, 2.05) is 0 Å². The Bertz CT molecular complexity index is 193. The van der Waals surface area contributed by atoms with E-state index in [-0.39, 0.29) is 0 Å². The summed E-state index contributed by atoms with van der Waals surface area (Å²) in [5.74, 6) is 0. The van der Waals surface area contributed by atoms with E-state index in [4.69, 9.17) is 5.73 Å². The fraction of sp³-hybridized carbons (Fsp3) is 1.00. The van der Waals surface area contributed by atoms with Crippen LogP contribution in [-0.4, -0.2) is 30.6 Å². The predicted molar refractivity (Wildman–Crippen MR) is 66.9 cm³/mol. The lowest BCUT2D eigenvalue weighted by Gasteiger charge is -2.45. The van der Waals surface area contributed by atoms with E-state index in [1.54, 1.807) is 0 Å². The van der Waals surface area contributed by atoms with Gasteiger partial charge in [0.25, 0.3) is 0 Å². The fourth-order valence-corrected chi connectivity index (χ4v) is 2.49. The van der Waals surface area contributed by atoms with Gasteiger partial charge in [-0.1, -0.05) is 34.6 Å². The predicted octanol–water partition coefficient (Wildman–Crippen LogP) is 2.48. The average molecular weight is 212 g/mol. The second-order valence-electron chi connectivity index (χ2n) is 6.82. The Morgan fingerprint density at radius 3 is 2.00 bits per heavy atom. The summed E-state index contributed by atoms with van der Waals surface area (Å²) >= 11 is 0. The SMILES string of the molecule is CC1(C)CCN(C(CN)C(C)(C)C)CC1. The van der Waals surface area contributed by atoms with E-state index in [0.29, 0.717) is 16.9 Å². The Balaban J connectivity index is 2.58. The molecule has 1 aliphatic heterocycles. The van der Waals surface area contributed by atoms with Crippen LogP contribution < -0.4 is 5.73 Å². The maximum absolute atomic E-state index is 5.92. The molecule has 0 saturated carbocycles. The lowest BCUT2D eigenvalue weighted by atomic mass is 9.79. The van der Waals surface area contributed by atoms with Crippen LogP contribution in [0.2, 0.25) is 0 Å². The minimum absolute atomic E-state index is 0.302. The Labute approximate surface area is 95.2 Å². The van der Waals surface area contributed by atoms with Crippen LogP contribution >= 0.6 is 0 Å². The molecule has 15 heavy (non-hydrogen) atoms. The molecule has 0 aromatic carbocycles. The molecule has 0 aromatic heterocycles. The topological polar surface area (TPSA) is 29.3 Å². The minimum Gasteiger partial charge on any atom is -0.329 e. The highest BCUT2D eigenvalue weighted by Crippen LogP contribution is 2.33. The molecule has 1 unspecified atom stereocenters. The van der Waals surface area contributed by atoms with Gasteiger partial charge in [-0.3, -0.25) is 4.90 Å². The molecule has 0 spiro atoms. The fourth-order valence-electron chi connectivity index (χ4n) is 2.49. The van der Waals surface area contributed by atoms with Crippen molar-refractivity contribution in [3.8, 4) is 0 Å². The molecule has 1 rings (SSSR count). The van der Waals surface area contributed by atoms with Crippen LogP contribution in [0.5, 0.6) is 0 Å². The first-order valence-electron chi connectivity index (χ1n) is 6.20. The lowest BCUT2D eigenvalue weighted by molar-refractivity contribution is 0.0466. The molecule has 2 N–H and O–H groups in total. The third kappa shape index (κ3) is 3.46. The maximum Gasteiger partial charge on any atom is 0.0266 e. The molecule has 0 aromatic rings. The summed E-state index contributed by atoms with van der Waals surface area (Å²) in [4.78, 5) is 2.59. The van der Waals surface area contributed by atoms with E-state index in [2.05, 4.69) is 39.5 Å². The van der Waals surface area contributed by atoms with Crippen molar-refractivity contribution in [2.45, 2.75) is 53.5 Å². The second kappa shape index (κ2) is 4.42. The molecule has 1 fully saturated rings. The van der Waals surface area contributed by atoms with Gasteiger partial charge in [-0.25, -0.2) is 0 Å². The standard InChI is InChI=1S/C13H28N2/c1-12(2,3)11(10-14)15-8-6-13(4,5)7-9-15/h11H,6-10,14H2,1-5H3. The minimum atomic E-state index is 0.302. The quantitative estimate of drug-likeness (QED) is 0.762. The first-order chi connectivity index (χ1) is 6.76. The first kappa shape index (κ1) is 13.0. The summed E-state index contributed by atoms with van der Waals surface area (Å²) in [6.45, 7) is 14.8. The highest BCUT2D eigenvalue weighted by molar-refractivity contribution is 4.88. The number of hydrogen-bond donors (Lipinski definition) is 1. The van der Waals surface area contributed by atoms with Crippen LogP contribution in [-0.2, 0) is 0 Å². The second-order valence-corrected chi connectivity index (χ2v) is 6.82. The van der Waals surface area contributed by atoms with Gasteiger partial charge in [-0.05, 0) is 36.8 Å². The maximum atomic E-state index is 5.92. The average Bonchev–Trinajstić information content (AvgIpc) is 2.06. The van der Waals surface area contributed by atoms with Crippen LogP contribution in [0.1, 0.15) is 47.5 Å². The third-order valence-electron chi connectivity index (χ3n) is 3.82. The normalized spacial score (nSPS) is 25.2. The van der Waals surface area contributed by atoms with Gasteiger partial charge in [-0.2, -0.15) is 0 Å². The molecule has 2 heteroatoms. The molecule has 0 radical (unpaired) electrons. The van der Waals surface area contributed by atoms with Gasteiger partial charge < -0.3 is 5.73 Å². The van der Waals surface area contributed by atoms with Gasteiger partial charge in [0.05, 0.1) is 0 Å². The van der Waals surface area contributed by atoms with Crippen LogP contribution in [0.25, 0.3) is 0 Å². The molecule has 0 bridgehead atoms. The van der Waals surface area contributed by atoms with Crippen molar-refractivity contribution in [1.82, 2.24) is 4.90 Å². The number of hydrogen-bond acceptors (Lipinski definition) is 2. The Hall–Kier alpha value is -0.0800. The molecular weight excluding hydrogens is 184 g/mol. The molecule has 2 nitrogen and oxygen atoms in total. The Morgan fingerprint density at radius 2 is 1.67 bits per heavy atom. The van der Waals surface area contributed by atoms with E-state index in [0.717, 1.165) is 6.54 Å². The zero-order valence-electron chi connectivity index (χ0n) is 11.1. The lowest BCUT2D eigenvalue weighted by Crippen LogP contribution is -2.52. The van der Waals surface area contributed by atoms with E-state index >= 15 is 0 Å². The molecule has 0 aliphatic carbocycles. The van der Waals surface area contributed by atoms with Crippen molar-refractivity contribution >= 4 is 0 Å². The number of nitrogens with two attached hydrogens (primary N) is 1. The third-order valence-corrected chi connectivity index (χ3v) is 3.82. The van der Waals surface area contributed by atoms with E-state index < -0.39 is 0 Å². The summed E-state index contributed by atoms with van der Waals surface area (Å²) in [5, 5.41) is 0. The zero-order valence-corrected chi connectivity index (χ0v) is 11.1. The van der Waals surface area contributed by atoms with Crippen molar-refractivity contribution in [1.29, 1.82) is 0 Å². The van der Waals surface area contributed by atoms with Crippen molar-refractivity contribution in [3.63, 3.8) is 0 Å².